The number of furan rings is 1. The number of carbonyl (C=O) groups excluding carboxylic acids is 1. The highest BCUT2D eigenvalue weighted by Crippen LogP contribution is 2.36. The second-order valence-corrected chi connectivity index (χ2v) is 6.63. The number of ether oxygens (including phenoxy) is 1. The van der Waals surface area contributed by atoms with E-state index in [0.29, 0.717) is 28.8 Å². The molecule has 1 fully saturated rings. The van der Waals surface area contributed by atoms with Crippen molar-refractivity contribution in [3.05, 3.63) is 65.2 Å². The van der Waals surface area contributed by atoms with Gasteiger partial charge in [-0.05, 0) is 55.7 Å². The van der Waals surface area contributed by atoms with Crippen molar-refractivity contribution < 1.29 is 18.3 Å². The van der Waals surface area contributed by atoms with Crippen LogP contribution < -0.4 is 4.74 Å². The molecule has 1 atom stereocenters. The third-order valence-electron chi connectivity index (χ3n) is 5.11. The Morgan fingerprint density at radius 3 is 2.73 bits per heavy atom. The number of fused-ring (bicyclic) bond motifs is 1. The number of amides is 1. The summed E-state index contributed by atoms with van der Waals surface area (Å²) in [4.78, 5) is 15.0. The number of nitrogens with zero attached hydrogens (tertiary/aromatic N) is 1. The first-order valence-corrected chi connectivity index (χ1v) is 8.72. The Morgan fingerprint density at radius 2 is 2.00 bits per heavy atom. The molecule has 1 aromatic heterocycles. The van der Waals surface area contributed by atoms with E-state index in [1.165, 1.54) is 12.1 Å². The molecule has 2 aromatic carbocycles. The fraction of sp³-hybridized carbons (Fsp3) is 0.286. The van der Waals surface area contributed by atoms with Crippen molar-refractivity contribution in [1.82, 2.24) is 4.90 Å². The fourth-order valence-electron chi connectivity index (χ4n) is 3.71. The lowest BCUT2D eigenvalue weighted by Gasteiger charge is -2.24. The minimum absolute atomic E-state index is 0.0118. The highest BCUT2D eigenvalue weighted by molar-refractivity contribution is 5.99. The molecule has 4 rings (SSSR count). The number of benzene rings is 2. The number of methoxy groups -OCH3 is 1. The van der Waals surface area contributed by atoms with Gasteiger partial charge in [-0.1, -0.05) is 12.1 Å². The molecular weight excluding hydrogens is 333 g/mol. The number of rotatable bonds is 3. The Kier molecular flexibility index (Phi) is 4.15. The molecule has 3 aromatic rings. The van der Waals surface area contributed by atoms with Gasteiger partial charge in [0.15, 0.2) is 5.76 Å². The maximum Gasteiger partial charge on any atom is 0.290 e. The maximum atomic E-state index is 13.5. The van der Waals surface area contributed by atoms with E-state index in [9.17, 15) is 9.18 Å². The molecule has 1 aliphatic rings. The summed E-state index contributed by atoms with van der Waals surface area (Å²) in [6.45, 7) is 2.48. The van der Waals surface area contributed by atoms with Crippen LogP contribution in [-0.4, -0.2) is 24.5 Å². The Labute approximate surface area is 151 Å². The van der Waals surface area contributed by atoms with Crippen molar-refractivity contribution in [1.29, 1.82) is 0 Å². The molecule has 0 radical (unpaired) electrons. The first-order chi connectivity index (χ1) is 12.6. The third kappa shape index (κ3) is 2.73. The fourth-order valence-corrected chi connectivity index (χ4v) is 3.71. The van der Waals surface area contributed by atoms with Crippen molar-refractivity contribution in [2.75, 3.05) is 13.7 Å². The predicted octanol–water partition coefficient (Wildman–Crippen LogP) is 4.87. The molecule has 5 heteroatoms. The highest BCUT2D eigenvalue weighted by atomic mass is 19.1. The monoisotopic (exact) mass is 353 g/mol. The first kappa shape index (κ1) is 16.6. The Hall–Kier alpha value is -2.82. The highest BCUT2D eigenvalue weighted by Gasteiger charge is 2.33. The van der Waals surface area contributed by atoms with Crippen LogP contribution in [0.15, 0.2) is 46.9 Å². The van der Waals surface area contributed by atoms with E-state index < -0.39 is 0 Å². The molecule has 134 valence electrons. The Balaban J connectivity index is 1.67. The molecule has 1 unspecified atom stereocenters. The van der Waals surface area contributed by atoms with Gasteiger partial charge in [0.05, 0.1) is 13.2 Å². The zero-order chi connectivity index (χ0) is 18.3. The van der Waals surface area contributed by atoms with Crippen molar-refractivity contribution in [2.24, 2.45) is 0 Å². The summed E-state index contributed by atoms with van der Waals surface area (Å²) in [5.74, 6) is 0.612. The van der Waals surface area contributed by atoms with Crippen molar-refractivity contribution in [2.45, 2.75) is 25.8 Å². The molecular formula is C21H20FNO3. The summed E-state index contributed by atoms with van der Waals surface area (Å²) in [5, 5.41) is 0.647. The molecule has 0 N–H and O–H groups in total. The molecule has 1 saturated heterocycles. The van der Waals surface area contributed by atoms with E-state index in [4.69, 9.17) is 9.15 Å². The van der Waals surface area contributed by atoms with Gasteiger partial charge in [0.1, 0.15) is 17.1 Å². The molecule has 4 nitrogen and oxygen atoms in total. The zero-order valence-corrected chi connectivity index (χ0v) is 14.8. The lowest BCUT2D eigenvalue weighted by molar-refractivity contribution is 0.0704. The average Bonchev–Trinajstić information content (AvgIpc) is 3.27. The first-order valence-electron chi connectivity index (χ1n) is 8.72. The summed E-state index contributed by atoms with van der Waals surface area (Å²) >= 11 is 0. The van der Waals surface area contributed by atoms with Crippen molar-refractivity contribution >= 4 is 16.9 Å². The SMILES string of the molecule is COc1ccc(C2CCCN2C(=O)c2oc3ccc(F)cc3c2C)cc1. The van der Waals surface area contributed by atoms with Gasteiger partial charge in [-0.2, -0.15) is 0 Å². The second kappa shape index (κ2) is 6.48. The molecule has 1 amide bonds. The van der Waals surface area contributed by atoms with E-state index in [1.54, 1.807) is 20.1 Å². The van der Waals surface area contributed by atoms with E-state index in [-0.39, 0.29) is 17.8 Å². The molecule has 0 aliphatic carbocycles. The van der Waals surface area contributed by atoms with Crippen molar-refractivity contribution in [3.63, 3.8) is 0 Å². The lowest BCUT2D eigenvalue weighted by Crippen LogP contribution is -2.30. The summed E-state index contributed by atoms with van der Waals surface area (Å²) in [6.07, 6.45) is 1.85. The standard InChI is InChI=1S/C21H20FNO3/c1-13-17-12-15(22)7-10-19(17)26-20(13)21(24)23-11-3-4-18(23)14-5-8-16(25-2)9-6-14/h5-10,12,18H,3-4,11H2,1-2H3. The van der Waals surface area contributed by atoms with Crippen LogP contribution in [0.25, 0.3) is 11.0 Å². The van der Waals surface area contributed by atoms with Crippen LogP contribution in [-0.2, 0) is 0 Å². The predicted molar refractivity (Wildman–Crippen MR) is 96.9 cm³/mol. The van der Waals surface area contributed by atoms with E-state index in [2.05, 4.69) is 0 Å². The Morgan fingerprint density at radius 1 is 1.23 bits per heavy atom. The summed E-state index contributed by atoms with van der Waals surface area (Å²) in [7, 11) is 1.63. The van der Waals surface area contributed by atoms with Crippen LogP contribution in [0.1, 0.15) is 40.6 Å². The zero-order valence-electron chi connectivity index (χ0n) is 14.8. The van der Waals surface area contributed by atoms with Gasteiger partial charge in [-0.15, -0.1) is 0 Å². The van der Waals surface area contributed by atoms with Crippen LogP contribution in [0, 0.1) is 12.7 Å². The minimum atomic E-state index is -0.335. The van der Waals surface area contributed by atoms with Gasteiger partial charge in [0.25, 0.3) is 5.91 Å². The molecule has 0 bridgehead atoms. The minimum Gasteiger partial charge on any atom is -0.497 e. The molecule has 2 heterocycles. The lowest BCUT2D eigenvalue weighted by atomic mass is 10.0. The van der Waals surface area contributed by atoms with Crippen molar-refractivity contribution in [3.8, 4) is 5.75 Å². The van der Waals surface area contributed by atoms with E-state index in [0.717, 1.165) is 24.2 Å². The van der Waals surface area contributed by atoms with Crippen LogP contribution in [0.2, 0.25) is 0 Å². The quantitative estimate of drug-likeness (QED) is 0.675. The van der Waals surface area contributed by atoms with Gasteiger partial charge < -0.3 is 14.1 Å². The Bertz CT molecular complexity index is 961. The number of carbonyl (C=O) groups is 1. The third-order valence-corrected chi connectivity index (χ3v) is 5.11. The smallest absolute Gasteiger partial charge is 0.290 e. The second-order valence-electron chi connectivity index (χ2n) is 6.63. The van der Waals surface area contributed by atoms with E-state index in [1.807, 2.05) is 29.2 Å². The van der Waals surface area contributed by atoms with E-state index >= 15 is 0 Å². The van der Waals surface area contributed by atoms with Crippen LogP contribution in [0.5, 0.6) is 5.75 Å². The molecule has 0 spiro atoms. The van der Waals surface area contributed by atoms with Crippen LogP contribution >= 0.6 is 0 Å². The maximum absolute atomic E-state index is 13.5. The van der Waals surface area contributed by atoms with Gasteiger partial charge in [-0.25, -0.2) is 4.39 Å². The number of halogens is 1. The summed E-state index contributed by atoms with van der Waals surface area (Å²) in [5.41, 5.74) is 2.30. The topological polar surface area (TPSA) is 42.7 Å². The molecule has 26 heavy (non-hydrogen) atoms. The largest absolute Gasteiger partial charge is 0.497 e. The summed E-state index contributed by atoms with van der Waals surface area (Å²) in [6, 6.07) is 12.1. The summed E-state index contributed by atoms with van der Waals surface area (Å²) < 4.78 is 24.5. The average molecular weight is 353 g/mol. The number of hydrogen-bond donors (Lipinski definition) is 0. The van der Waals surface area contributed by atoms with Gasteiger partial charge in [0, 0.05) is 17.5 Å². The van der Waals surface area contributed by atoms with Gasteiger partial charge >= 0.3 is 0 Å². The van der Waals surface area contributed by atoms with Gasteiger partial charge in [0.2, 0.25) is 0 Å². The number of aryl methyl sites for hydroxylation is 1. The normalized spacial score (nSPS) is 17.0. The van der Waals surface area contributed by atoms with Crippen LogP contribution in [0.4, 0.5) is 4.39 Å². The molecule has 1 aliphatic heterocycles. The number of hydrogen-bond acceptors (Lipinski definition) is 3. The van der Waals surface area contributed by atoms with Crippen LogP contribution in [0.3, 0.4) is 0 Å². The molecule has 0 saturated carbocycles. The van der Waals surface area contributed by atoms with Gasteiger partial charge in [-0.3, -0.25) is 4.79 Å². The number of likely N-dealkylation sites (tertiary alicyclic amines) is 1.